The first-order valence-corrected chi connectivity index (χ1v) is 13.1. The maximum Gasteiger partial charge on any atom is 0.324 e. The molecule has 0 heterocycles. The van der Waals surface area contributed by atoms with E-state index in [9.17, 15) is 0 Å². The Morgan fingerprint density at radius 3 is 2.30 bits per heavy atom. The molecular formula is C15H27NO2Si2. The predicted octanol–water partition coefficient (Wildman–Crippen LogP) is 4.07. The van der Waals surface area contributed by atoms with Crippen LogP contribution in [0.25, 0.3) is 0 Å². The van der Waals surface area contributed by atoms with Gasteiger partial charge in [0.05, 0.1) is 0 Å². The number of rotatable bonds is 8. The zero-order chi connectivity index (χ0) is 15.1. The maximum atomic E-state index is 6.24. The van der Waals surface area contributed by atoms with Gasteiger partial charge in [-0.05, 0) is 44.2 Å². The molecule has 0 saturated heterocycles. The van der Waals surface area contributed by atoms with Gasteiger partial charge >= 0.3 is 8.56 Å². The molecule has 0 spiro atoms. The number of benzene rings is 1. The highest BCUT2D eigenvalue weighted by atomic mass is 28.4. The van der Waals surface area contributed by atoms with Gasteiger partial charge in [-0.1, -0.05) is 30.3 Å². The summed E-state index contributed by atoms with van der Waals surface area (Å²) in [5.41, 5.74) is 1.15. The normalized spacial score (nSPS) is 15.4. The molecule has 0 aliphatic carbocycles. The van der Waals surface area contributed by atoms with Crippen molar-refractivity contribution in [1.29, 1.82) is 0 Å². The second-order valence-corrected chi connectivity index (χ2v) is 14.3. The summed E-state index contributed by atoms with van der Waals surface area (Å²) in [5.74, 6) is 0. The Labute approximate surface area is 125 Å². The van der Waals surface area contributed by atoms with Crippen LogP contribution in [-0.4, -0.2) is 36.7 Å². The van der Waals surface area contributed by atoms with Crippen molar-refractivity contribution in [2.45, 2.75) is 38.7 Å². The molecule has 0 aliphatic rings. The van der Waals surface area contributed by atoms with Crippen LogP contribution in [0.4, 0.5) is 0 Å². The number of nitrogens with zero attached hydrogens (tertiary/aromatic N) is 1. The fraction of sp³-hybridized carbons (Fsp3) is 0.533. The molecule has 112 valence electrons. The van der Waals surface area contributed by atoms with Gasteiger partial charge in [0.15, 0.2) is 8.32 Å². The third-order valence-electron chi connectivity index (χ3n) is 2.91. The first-order valence-electron chi connectivity index (χ1n) is 7.15. The standard InChI is InChI=1S/C15H27NO2Si2/c1-17-20(5,18-19(2,3)4)13-9-12-16-14-15-10-7-6-8-11-15/h6-8,10-11,14H,9,12-13H2,1-5H3. The molecule has 0 radical (unpaired) electrons. The Balaban J connectivity index is 2.37. The summed E-state index contributed by atoms with van der Waals surface area (Å²) in [5, 5.41) is 0. The minimum absolute atomic E-state index is 0.829. The topological polar surface area (TPSA) is 30.8 Å². The lowest BCUT2D eigenvalue weighted by Crippen LogP contribution is -2.46. The van der Waals surface area contributed by atoms with E-state index in [-0.39, 0.29) is 0 Å². The summed E-state index contributed by atoms with van der Waals surface area (Å²) < 4.78 is 11.9. The molecule has 0 amide bonds. The Morgan fingerprint density at radius 1 is 1.10 bits per heavy atom. The smallest absolute Gasteiger partial charge is 0.324 e. The van der Waals surface area contributed by atoms with Crippen molar-refractivity contribution < 1.29 is 8.54 Å². The lowest BCUT2D eigenvalue weighted by molar-refractivity contribution is 0.301. The summed E-state index contributed by atoms with van der Waals surface area (Å²) in [4.78, 5) is 4.47. The van der Waals surface area contributed by atoms with Crippen LogP contribution < -0.4 is 0 Å². The zero-order valence-corrected chi connectivity index (χ0v) is 15.3. The molecule has 5 heteroatoms. The van der Waals surface area contributed by atoms with Crippen LogP contribution in [0.15, 0.2) is 35.3 Å². The molecule has 0 aliphatic heterocycles. The van der Waals surface area contributed by atoms with E-state index in [4.69, 9.17) is 8.54 Å². The summed E-state index contributed by atoms with van der Waals surface area (Å²) in [6.45, 7) is 9.63. The second kappa shape index (κ2) is 7.88. The Morgan fingerprint density at radius 2 is 1.75 bits per heavy atom. The van der Waals surface area contributed by atoms with Crippen molar-refractivity contribution in [2.24, 2.45) is 4.99 Å². The Kier molecular flexibility index (Phi) is 6.81. The SMILES string of the molecule is CO[Si](C)(CCCN=Cc1ccccc1)O[Si](C)(C)C. The minimum atomic E-state index is -2.00. The van der Waals surface area contributed by atoms with Crippen LogP contribution in [0.3, 0.4) is 0 Å². The third kappa shape index (κ3) is 7.14. The molecule has 0 N–H and O–H groups in total. The van der Waals surface area contributed by atoms with Crippen molar-refractivity contribution >= 4 is 23.1 Å². The largest absolute Gasteiger partial charge is 0.436 e. The molecule has 0 bridgehead atoms. The maximum absolute atomic E-state index is 6.24. The number of hydrogen-bond acceptors (Lipinski definition) is 3. The van der Waals surface area contributed by atoms with Crippen LogP contribution in [0.5, 0.6) is 0 Å². The quantitative estimate of drug-likeness (QED) is 0.412. The van der Waals surface area contributed by atoms with Crippen LogP contribution in [0.1, 0.15) is 12.0 Å². The van der Waals surface area contributed by atoms with Gasteiger partial charge in [0.25, 0.3) is 0 Å². The van der Waals surface area contributed by atoms with Gasteiger partial charge in [0, 0.05) is 19.9 Å². The molecule has 3 nitrogen and oxygen atoms in total. The average molecular weight is 310 g/mol. The van der Waals surface area contributed by atoms with Crippen LogP contribution in [-0.2, 0) is 8.54 Å². The van der Waals surface area contributed by atoms with E-state index in [1.54, 1.807) is 7.11 Å². The number of hydrogen-bond donors (Lipinski definition) is 0. The van der Waals surface area contributed by atoms with Gasteiger partial charge < -0.3 is 8.54 Å². The molecule has 1 aromatic rings. The van der Waals surface area contributed by atoms with E-state index in [0.29, 0.717) is 0 Å². The highest BCUT2D eigenvalue weighted by Crippen LogP contribution is 2.20. The lowest BCUT2D eigenvalue weighted by atomic mass is 10.2. The highest BCUT2D eigenvalue weighted by molar-refractivity contribution is 6.81. The van der Waals surface area contributed by atoms with Crippen molar-refractivity contribution in [1.82, 2.24) is 0 Å². The average Bonchev–Trinajstić information content (AvgIpc) is 2.37. The summed E-state index contributed by atoms with van der Waals surface area (Å²) in [6, 6.07) is 11.2. The van der Waals surface area contributed by atoms with Gasteiger partial charge in [-0.2, -0.15) is 0 Å². The predicted molar refractivity (Wildman–Crippen MR) is 91.4 cm³/mol. The van der Waals surface area contributed by atoms with Crippen LogP contribution >= 0.6 is 0 Å². The second-order valence-electron chi connectivity index (χ2n) is 6.10. The zero-order valence-electron chi connectivity index (χ0n) is 13.3. The highest BCUT2D eigenvalue weighted by Gasteiger charge is 2.34. The Bertz CT molecular complexity index is 418. The Hall–Kier alpha value is -0.756. The first-order chi connectivity index (χ1) is 9.35. The molecular weight excluding hydrogens is 282 g/mol. The number of aliphatic imine (C=N–C) groups is 1. The van der Waals surface area contributed by atoms with E-state index in [2.05, 4.69) is 43.3 Å². The molecule has 0 saturated carbocycles. The van der Waals surface area contributed by atoms with Crippen molar-refractivity contribution in [3.63, 3.8) is 0 Å². The molecule has 0 fully saturated rings. The van der Waals surface area contributed by atoms with Gasteiger partial charge in [0.2, 0.25) is 0 Å². The van der Waals surface area contributed by atoms with E-state index in [0.717, 1.165) is 24.6 Å². The molecule has 1 atom stereocenters. The monoisotopic (exact) mass is 309 g/mol. The van der Waals surface area contributed by atoms with E-state index < -0.39 is 16.9 Å². The molecule has 1 unspecified atom stereocenters. The molecule has 1 rings (SSSR count). The van der Waals surface area contributed by atoms with E-state index >= 15 is 0 Å². The first kappa shape index (κ1) is 17.3. The van der Waals surface area contributed by atoms with E-state index in [1.807, 2.05) is 24.4 Å². The van der Waals surface area contributed by atoms with E-state index in [1.165, 1.54) is 0 Å². The third-order valence-corrected chi connectivity index (χ3v) is 9.21. The van der Waals surface area contributed by atoms with Gasteiger partial charge in [-0.15, -0.1) is 0 Å². The minimum Gasteiger partial charge on any atom is -0.436 e. The fourth-order valence-electron chi connectivity index (χ4n) is 2.04. The van der Waals surface area contributed by atoms with Gasteiger partial charge in [-0.3, -0.25) is 4.99 Å². The van der Waals surface area contributed by atoms with Gasteiger partial charge in [-0.25, -0.2) is 0 Å². The lowest BCUT2D eigenvalue weighted by Gasteiger charge is -2.32. The summed E-state index contributed by atoms with van der Waals surface area (Å²) in [6.07, 6.45) is 2.95. The van der Waals surface area contributed by atoms with Crippen molar-refractivity contribution in [3.05, 3.63) is 35.9 Å². The summed E-state index contributed by atoms with van der Waals surface area (Å²) >= 11 is 0. The van der Waals surface area contributed by atoms with Crippen molar-refractivity contribution in [2.75, 3.05) is 13.7 Å². The van der Waals surface area contributed by atoms with Gasteiger partial charge in [0.1, 0.15) is 0 Å². The fourth-order valence-corrected chi connectivity index (χ4v) is 8.97. The van der Waals surface area contributed by atoms with Crippen LogP contribution in [0.2, 0.25) is 32.2 Å². The van der Waals surface area contributed by atoms with Crippen molar-refractivity contribution in [3.8, 4) is 0 Å². The summed E-state index contributed by atoms with van der Waals surface area (Å²) in [7, 11) is -1.76. The molecule has 1 aromatic carbocycles. The molecule has 0 aromatic heterocycles. The molecule has 20 heavy (non-hydrogen) atoms. The van der Waals surface area contributed by atoms with Crippen LogP contribution in [0, 0.1) is 0 Å².